The van der Waals surface area contributed by atoms with Gasteiger partial charge in [-0.2, -0.15) is 0 Å². The van der Waals surface area contributed by atoms with Crippen molar-refractivity contribution in [2.75, 3.05) is 13.2 Å². The zero-order chi connectivity index (χ0) is 20.7. The van der Waals surface area contributed by atoms with Crippen LogP contribution >= 0.6 is 0 Å². The van der Waals surface area contributed by atoms with Crippen molar-refractivity contribution in [2.45, 2.75) is 37.6 Å². The summed E-state index contributed by atoms with van der Waals surface area (Å²) in [5.74, 6) is 0.0487. The number of nitrogens with zero attached hydrogens (tertiary/aromatic N) is 1. The van der Waals surface area contributed by atoms with E-state index in [9.17, 15) is 13.6 Å². The fraction of sp³-hybridized carbons (Fsp3) is 0.364. The SMILES string of the molecule is O=C(NC1CCCC(c2nc3cc(F)c(F)cc3[nH]2)C1)c1ccc2c(c1)OCCO2. The molecule has 5 rings (SSSR count). The third-order valence-corrected chi connectivity index (χ3v) is 5.74. The van der Waals surface area contributed by atoms with Gasteiger partial charge in [-0.1, -0.05) is 6.42 Å². The lowest BCUT2D eigenvalue weighted by Crippen LogP contribution is -2.38. The quantitative estimate of drug-likeness (QED) is 0.679. The molecule has 2 heterocycles. The van der Waals surface area contributed by atoms with E-state index in [1.165, 1.54) is 0 Å². The van der Waals surface area contributed by atoms with Crippen LogP contribution in [-0.4, -0.2) is 35.1 Å². The van der Waals surface area contributed by atoms with E-state index < -0.39 is 11.6 Å². The maximum absolute atomic E-state index is 13.5. The Morgan fingerprint density at radius 1 is 1.07 bits per heavy atom. The van der Waals surface area contributed by atoms with Crippen molar-refractivity contribution >= 4 is 16.9 Å². The van der Waals surface area contributed by atoms with E-state index in [-0.39, 0.29) is 17.9 Å². The molecule has 2 aromatic carbocycles. The predicted octanol–water partition coefficient (Wildman–Crippen LogP) is 4.07. The second kappa shape index (κ2) is 7.59. The van der Waals surface area contributed by atoms with Gasteiger partial charge in [0.15, 0.2) is 23.1 Å². The summed E-state index contributed by atoms with van der Waals surface area (Å²) in [7, 11) is 0. The summed E-state index contributed by atoms with van der Waals surface area (Å²) in [6.07, 6.45) is 3.41. The molecule has 2 aliphatic rings. The number of amides is 1. The first-order valence-corrected chi connectivity index (χ1v) is 10.1. The third-order valence-electron chi connectivity index (χ3n) is 5.74. The van der Waals surface area contributed by atoms with Crippen molar-refractivity contribution in [3.05, 3.63) is 53.4 Å². The fourth-order valence-corrected chi connectivity index (χ4v) is 4.24. The Morgan fingerprint density at radius 3 is 2.73 bits per heavy atom. The molecule has 1 amide bonds. The summed E-state index contributed by atoms with van der Waals surface area (Å²) in [4.78, 5) is 20.3. The number of halogens is 2. The Bertz CT molecular complexity index is 1080. The van der Waals surface area contributed by atoms with Gasteiger partial charge in [0.2, 0.25) is 0 Å². The molecule has 1 aliphatic carbocycles. The van der Waals surface area contributed by atoms with E-state index in [0.29, 0.717) is 53.6 Å². The summed E-state index contributed by atoms with van der Waals surface area (Å²) in [6, 6.07) is 7.41. The summed E-state index contributed by atoms with van der Waals surface area (Å²) in [6.45, 7) is 0.969. The van der Waals surface area contributed by atoms with E-state index in [4.69, 9.17) is 9.47 Å². The summed E-state index contributed by atoms with van der Waals surface area (Å²) >= 11 is 0. The van der Waals surface area contributed by atoms with Crippen LogP contribution < -0.4 is 14.8 Å². The number of carbonyl (C=O) groups is 1. The highest BCUT2D eigenvalue weighted by molar-refractivity contribution is 5.95. The van der Waals surface area contributed by atoms with Crippen LogP contribution in [0.2, 0.25) is 0 Å². The van der Waals surface area contributed by atoms with Gasteiger partial charge in [0, 0.05) is 29.7 Å². The molecule has 1 saturated carbocycles. The fourth-order valence-electron chi connectivity index (χ4n) is 4.24. The zero-order valence-corrected chi connectivity index (χ0v) is 16.2. The van der Waals surface area contributed by atoms with E-state index >= 15 is 0 Å². The highest BCUT2D eigenvalue weighted by Gasteiger charge is 2.27. The first-order chi connectivity index (χ1) is 14.6. The van der Waals surface area contributed by atoms with Crippen LogP contribution in [0.1, 0.15) is 47.8 Å². The molecule has 8 heteroatoms. The summed E-state index contributed by atoms with van der Waals surface area (Å²) in [5, 5.41) is 3.10. The lowest BCUT2D eigenvalue weighted by atomic mass is 9.85. The highest BCUT2D eigenvalue weighted by atomic mass is 19.2. The average Bonchev–Trinajstić information content (AvgIpc) is 3.16. The van der Waals surface area contributed by atoms with Crippen LogP contribution in [0.4, 0.5) is 8.78 Å². The second-order valence-corrected chi connectivity index (χ2v) is 7.80. The molecule has 6 nitrogen and oxygen atoms in total. The molecule has 0 spiro atoms. The minimum atomic E-state index is -0.909. The molecule has 0 radical (unpaired) electrons. The van der Waals surface area contributed by atoms with Crippen LogP contribution in [0, 0.1) is 11.6 Å². The molecular weight excluding hydrogens is 392 g/mol. The van der Waals surface area contributed by atoms with E-state index in [2.05, 4.69) is 15.3 Å². The number of rotatable bonds is 3. The Kier molecular flexibility index (Phi) is 4.77. The summed E-state index contributed by atoms with van der Waals surface area (Å²) in [5.41, 5.74) is 1.41. The Balaban J connectivity index is 1.29. The number of aromatic nitrogens is 2. The number of hydrogen-bond acceptors (Lipinski definition) is 4. The number of imidazole rings is 1. The topological polar surface area (TPSA) is 76.2 Å². The third kappa shape index (κ3) is 3.58. The maximum Gasteiger partial charge on any atom is 0.251 e. The molecule has 0 saturated heterocycles. The van der Waals surface area contributed by atoms with Crippen molar-refractivity contribution in [3.8, 4) is 11.5 Å². The largest absolute Gasteiger partial charge is 0.486 e. The maximum atomic E-state index is 13.5. The zero-order valence-electron chi connectivity index (χ0n) is 16.2. The second-order valence-electron chi connectivity index (χ2n) is 7.80. The number of ether oxygens (including phenoxy) is 2. The van der Waals surface area contributed by atoms with Crippen molar-refractivity contribution in [3.63, 3.8) is 0 Å². The Hall–Kier alpha value is -3.16. The number of benzene rings is 2. The van der Waals surface area contributed by atoms with Gasteiger partial charge in [-0.05, 0) is 37.5 Å². The number of nitrogens with one attached hydrogen (secondary N) is 2. The molecule has 1 fully saturated rings. The van der Waals surface area contributed by atoms with Crippen molar-refractivity contribution in [1.82, 2.24) is 15.3 Å². The van der Waals surface area contributed by atoms with E-state index in [1.54, 1.807) is 18.2 Å². The standard InChI is InChI=1S/C22H21F2N3O3/c23-15-10-17-18(11-16(15)24)27-21(26-17)12-2-1-3-14(8-12)25-22(28)13-4-5-19-20(9-13)30-7-6-29-19/h4-5,9-12,14H,1-3,6-8H2,(H,25,28)(H,26,27). The molecule has 0 bridgehead atoms. The van der Waals surface area contributed by atoms with Crippen LogP contribution in [0.25, 0.3) is 11.0 Å². The first-order valence-electron chi connectivity index (χ1n) is 10.1. The minimum absolute atomic E-state index is 0.00821. The van der Waals surface area contributed by atoms with E-state index in [1.807, 2.05) is 0 Å². The Labute approximate surface area is 171 Å². The number of H-pyrrole nitrogens is 1. The summed E-state index contributed by atoms with van der Waals surface area (Å²) < 4.78 is 38.0. The van der Waals surface area contributed by atoms with Gasteiger partial charge in [-0.15, -0.1) is 0 Å². The van der Waals surface area contributed by atoms with Crippen LogP contribution in [0.5, 0.6) is 11.5 Å². The van der Waals surface area contributed by atoms with Crippen molar-refractivity contribution in [1.29, 1.82) is 0 Å². The van der Waals surface area contributed by atoms with E-state index in [0.717, 1.165) is 31.4 Å². The molecule has 3 aromatic rings. The molecule has 30 heavy (non-hydrogen) atoms. The monoisotopic (exact) mass is 413 g/mol. The lowest BCUT2D eigenvalue weighted by Gasteiger charge is -2.29. The number of hydrogen-bond donors (Lipinski definition) is 2. The van der Waals surface area contributed by atoms with Gasteiger partial charge in [0.05, 0.1) is 11.0 Å². The molecular formula is C22H21F2N3O3. The number of carbonyl (C=O) groups excluding carboxylic acids is 1. The highest BCUT2D eigenvalue weighted by Crippen LogP contribution is 2.34. The molecule has 2 unspecified atom stereocenters. The first kappa shape index (κ1) is 18.8. The molecule has 2 N–H and O–H groups in total. The van der Waals surface area contributed by atoms with Crippen molar-refractivity contribution in [2.24, 2.45) is 0 Å². The van der Waals surface area contributed by atoms with Crippen molar-refractivity contribution < 1.29 is 23.0 Å². The number of aromatic amines is 1. The lowest BCUT2D eigenvalue weighted by molar-refractivity contribution is 0.0923. The van der Waals surface area contributed by atoms with Crippen LogP contribution in [0.3, 0.4) is 0 Å². The number of fused-ring (bicyclic) bond motifs is 2. The Morgan fingerprint density at radius 2 is 1.87 bits per heavy atom. The predicted molar refractivity (Wildman–Crippen MR) is 106 cm³/mol. The van der Waals surface area contributed by atoms with Gasteiger partial charge in [0.25, 0.3) is 5.91 Å². The van der Waals surface area contributed by atoms with Crippen LogP contribution in [-0.2, 0) is 0 Å². The van der Waals surface area contributed by atoms with Gasteiger partial charge in [0.1, 0.15) is 19.0 Å². The van der Waals surface area contributed by atoms with Gasteiger partial charge in [-0.3, -0.25) is 4.79 Å². The van der Waals surface area contributed by atoms with Gasteiger partial charge in [-0.25, -0.2) is 13.8 Å². The van der Waals surface area contributed by atoms with Gasteiger partial charge < -0.3 is 19.8 Å². The minimum Gasteiger partial charge on any atom is -0.486 e. The van der Waals surface area contributed by atoms with Gasteiger partial charge >= 0.3 is 0 Å². The molecule has 156 valence electrons. The molecule has 1 aliphatic heterocycles. The molecule has 2 atom stereocenters. The smallest absolute Gasteiger partial charge is 0.251 e. The molecule has 1 aromatic heterocycles. The normalized spacial score (nSPS) is 20.9. The average molecular weight is 413 g/mol. The van der Waals surface area contributed by atoms with Crippen LogP contribution in [0.15, 0.2) is 30.3 Å².